The number of hydrogen-bond donors (Lipinski definition) is 0. The predicted molar refractivity (Wildman–Crippen MR) is 117 cm³/mol. The van der Waals surface area contributed by atoms with Crippen molar-refractivity contribution in [2.45, 2.75) is 12.8 Å². The Bertz CT molecular complexity index is 1070. The number of ether oxygens (including phenoxy) is 1. The highest BCUT2D eigenvalue weighted by Crippen LogP contribution is 2.33. The number of carbonyl (C=O) groups excluding carboxylic acids is 1. The Morgan fingerprint density at radius 3 is 2.44 bits per heavy atom. The van der Waals surface area contributed by atoms with E-state index in [0.29, 0.717) is 35.1 Å². The average Bonchev–Trinajstić information content (AvgIpc) is 3.28. The van der Waals surface area contributed by atoms with Crippen LogP contribution in [0, 0.1) is 0 Å². The first-order valence-corrected chi connectivity index (χ1v) is 11.0. The summed E-state index contributed by atoms with van der Waals surface area (Å²) in [7, 11) is 2.03. The summed E-state index contributed by atoms with van der Waals surface area (Å²) >= 11 is 1.36. The van der Waals surface area contributed by atoms with Crippen LogP contribution in [0.4, 0.5) is 13.2 Å². The quantitative estimate of drug-likeness (QED) is 0.548. The number of carbonyl (C=O) groups is 1. The third kappa shape index (κ3) is 5.11. The number of benzene rings is 2. The first-order chi connectivity index (χ1) is 15.3. The number of alkyl halides is 3. The average molecular weight is 462 g/mol. The second-order valence-corrected chi connectivity index (χ2v) is 8.47. The minimum Gasteiger partial charge on any atom is -0.488 e. The maximum atomic E-state index is 12.8. The molecule has 1 saturated heterocycles. The molecular weight excluding hydrogens is 439 g/mol. The molecule has 1 aliphatic heterocycles. The van der Waals surface area contributed by atoms with Crippen molar-refractivity contribution in [2.24, 2.45) is 0 Å². The molecule has 0 spiro atoms. The lowest BCUT2D eigenvalue weighted by molar-refractivity contribution is -0.137. The number of hydrogen-bond acceptors (Lipinski definition) is 5. The molecule has 1 aromatic heterocycles. The molecule has 2 aromatic carbocycles. The summed E-state index contributed by atoms with van der Waals surface area (Å²) in [6.07, 6.45) is -4.36. The second kappa shape index (κ2) is 9.30. The Morgan fingerprint density at radius 1 is 1.06 bits per heavy atom. The van der Waals surface area contributed by atoms with Gasteiger partial charge in [0.15, 0.2) is 0 Å². The number of aromatic nitrogens is 1. The van der Waals surface area contributed by atoms with Crippen molar-refractivity contribution in [3.05, 3.63) is 70.7 Å². The minimum atomic E-state index is -4.36. The molecule has 0 atom stereocenters. The van der Waals surface area contributed by atoms with E-state index in [4.69, 9.17) is 4.74 Å². The zero-order chi connectivity index (χ0) is 22.7. The van der Waals surface area contributed by atoms with Crippen molar-refractivity contribution in [2.75, 3.05) is 33.2 Å². The SMILES string of the molecule is CN1CCN(C(=O)c2csc(-c3ccccc3OCc3ccc(C(F)(F)F)cc3)n2)CC1. The number of halogens is 3. The number of rotatable bonds is 5. The first kappa shape index (κ1) is 22.3. The van der Waals surface area contributed by atoms with Crippen molar-refractivity contribution in [1.82, 2.24) is 14.8 Å². The van der Waals surface area contributed by atoms with Crippen LogP contribution >= 0.6 is 11.3 Å². The molecule has 0 bridgehead atoms. The van der Waals surface area contributed by atoms with Gasteiger partial charge in [0.05, 0.1) is 11.1 Å². The molecule has 1 fully saturated rings. The van der Waals surface area contributed by atoms with Crippen molar-refractivity contribution < 1.29 is 22.7 Å². The van der Waals surface area contributed by atoms with Crippen LogP contribution in [0.5, 0.6) is 5.75 Å². The van der Waals surface area contributed by atoms with Crippen LogP contribution in [-0.2, 0) is 12.8 Å². The third-order valence-electron chi connectivity index (χ3n) is 5.31. The molecule has 32 heavy (non-hydrogen) atoms. The van der Waals surface area contributed by atoms with Crippen molar-refractivity contribution >= 4 is 17.2 Å². The van der Waals surface area contributed by atoms with E-state index in [1.165, 1.54) is 23.5 Å². The van der Waals surface area contributed by atoms with E-state index in [-0.39, 0.29) is 12.5 Å². The summed E-state index contributed by atoms with van der Waals surface area (Å²) in [5, 5.41) is 2.41. The Balaban J connectivity index is 1.46. The van der Waals surface area contributed by atoms with E-state index in [1.54, 1.807) is 11.4 Å². The molecule has 0 aliphatic carbocycles. The smallest absolute Gasteiger partial charge is 0.416 e. The summed E-state index contributed by atoms with van der Waals surface area (Å²) in [6, 6.07) is 12.2. The Hall–Kier alpha value is -2.91. The van der Waals surface area contributed by atoms with Gasteiger partial charge in [0, 0.05) is 31.6 Å². The molecule has 4 rings (SSSR count). The lowest BCUT2D eigenvalue weighted by Crippen LogP contribution is -2.47. The van der Waals surface area contributed by atoms with Gasteiger partial charge in [-0.25, -0.2) is 4.98 Å². The van der Waals surface area contributed by atoms with Crippen LogP contribution in [0.1, 0.15) is 21.6 Å². The molecule has 0 N–H and O–H groups in total. The summed E-state index contributed by atoms with van der Waals surface area (Å²) in [6.45, 7) is 3.14. The zero-order valence-corrected chi connectivity index (χ0v) is 18.2. The number of thiazole rings is 1. The monoisotopic (exact) mass is 461 g/mol. The maximum Gasteiger partial charge on any atom is 0.416 e. The first-order valence-electron chi connectivity index (χ1n) is 10.1. The summed E-state index contributed by atoms with van der Waals surface area (Å²) < 4.78 is 44.1. The topological polar surface area (TPSA) is 45.7 Å². The highest BCUT2D eigenvalue weighted by atomic mass is 32.1. The molecule has 3 aromatic rings. The van der Waals surface area contributed by atoms with Gasteiger partial charge >= 0.3 is 6.18 Å². The summed E-state index contributed by atoms with van der Waals surface area (Å²) in [5.74, 6) is 0.476. The number of para-hydroxylation sites is 1. The van der Waals surface area contributed by atoms with Gasteiger partial charge < -0.3 is 14.5 Å². The molecule has 9 heteroatoms. The van der Waals surface area contributed by atoms with E-state index in [2.05, 4.69) is 9.88 Å². The third-order valence-corrected chi connectivity index (χ3v) is 6.18. The van der Waals surface area contributed by atoms with Gasteiger partial charge in [-0.05, 0) is 36.9 Å². The van der Waals surface area contributed by atoms with Crippen molar-refractivity contribution in [3.63, 3.8) is 0 Å². The lowest BCUT2D eigenvalue weighted by Gasteiger charge is -2.31. The van der Waals surface area contributed by atoms with E-state index < -0.39 is 11.7 Å². The van der Waals surface area contributed by atoms with E-state index in [1.807, 2.05) is 30.1 Å². The van der Waals surface area contributed by atoms with E-state index in [9.17, 15) is 18.0 Å². The molecule has 1 aliphatic rings. The van der Waals surface area contributed by atoms with E-state index in [0.717, 1.165) is 30.8 Å². The van der Waals surface area contributed by atoms with Gasteiger partial charge in [0.2, 0.25) is 0 Å². The van der Waals surface area contributed by atoms with Gasteiger partial charge in [-0.2, -0.15) is 13.2 Å². The Kier molecular flexibility index (Phi) is 6.48. The molecule has 0 radical (unpaired) electrons. The van der Waals surface area contributed by atoms with Crippen molar-refractivity contribution in [3.8, 4) is 16.3 Å². The lowest BCUT2D eigenvalue weighted by atomic mass is 10.1. The highest BCUT2D eigenvalue weighted by Gasteiger charge is 2.30. The molecular formula is C23H22F3N3O2S. The predicted octanol–water partition coefficient (Wildman–Crippen LogP) is 4.80. The van der Waals surface area contributed by atoms with Gasteiger partial charge in [-0.1, -0.05) is 24.3 Å². The standard InChI is InChI=1S/C23H22F3N3O2S/c1-28-10-12-29(13-11-28)22(30)19-15-32-21(27-19)18-4-2-3-5-20(18)31-14-16-6-8-17(9-7-16)23(24,25)26/h2-9,15H,10-14H2,1H3. The fourth-order valence-corrected chi connectivity index (χ4v) is 4.21. The van der Waals surface area contributed by atoms with Gasteiger partial charge in [-0.3, -0.25) is 4.79 Å². The minimum absolute atomic E-state index is 0.0799. The van der Waals surface area contributed by atoms with Crippen LogP contribution in [-0.4, -0.2) is 53.9 Å². The largest absolute Gasteiger partial charge is 0.488 e. The molecule has 0 unspecified atom stereocenters. The molecule has 2 heterocycles. The summed E-state index contributed by atoms with van der Waals surface area (Å²) in [4.78, 5) is 21.3. The van der Waals surface area contributed by atoms with Gasteiger partial charge in [-0.15, -0.1) is 11.3 Å². The fourth-order valence-electron chi connectivity index (χ4n) is 3.39. The van der Waals surface area contributed by atoms with Crippen LogP contribution in [0.3, 0.4) is 0 Å². The zero-order valence-electron chi connectivity index (χ0n) is 17.4. The molecule has 0 saturated carbocycles. The molecule has 168 valence electrons. The number of piperazine rings is 1. The highest BCUT2D eigenvalue weighted by molar-refractivity contribution is 7.13. The number of nitrogens with zero attached hydrogens (tertiary/aromatic N) is 3. The van der Waals surface area contributed by atoms with Crippen LogP contribution in [0.25, 0.3) is 10.6 Å². The summed E-state index contributed by atoms with van der Waals surface area (Å²) in [5.41, 5.74) is 1.08. The van der Waals surface area contributed by atoms with E-state index >= 15 is 0 Å². The normalized spacial score (nSPS) is 15.1. The second-order valence-electron chi connectivity index (χ2n) is 7.61. The number of amides is 1. The Labute approximate surface area is 188 Å². The van der Waals surface area contributed by atoms with Crippen LogP contribution in [0.2, 0.25) is 0 Å². The van der Waals surface area contributed by atoms with Crippen LogP contribution < -0.4 is 4.74 Å². The number of likely N-dealkylation sites (N-methyl/N-ethyl adjacent to an activating group) is 1. The maximum absolute atomic E-state index is 12.8. The molecule has 5 nitrogen and oxygen atoms in total. The van der Waals surface area contributed by atoms with Gasteiger partial charge in [0.1, 0.15) is 23.1 Å². The molecule has 1 amide bonds. The fraction of sp³-hybridized carbons (Fsp3) is 0.304. The Morgan fingerprint density at radius 2 is 1.75 bits per heavy atom. The van der Waals surface area contributed by atoms with Gasteiger partial charge in [0.25, 0.3) is 5.91 Å². The van der Waals surface area contributed by atoms with Crippen LogP contribution in [0.15, 0.2) is 53.9 Å². The van der Waals surface area contributed by atoms with Crippen molar-refractivity contribution in [1.29, 1.82) is 0 Å².